The van der Waals surface area contributed by atoms with Crippen molar-refractivity contribution in [3.05, 3.63) is 103 Å². The number of halogens is 1. The van der Waals surface area contributed by atoms with E-state index in [0.717, 1.165) is 121 Å². The van der Waals surface area contributed by atoms with E-state index in [9.17, 15) is 0 Å². The summed E-state index contributed by atoms with van der Waals surface area (Å²) in [6.07, 6.45) is 5.51. The van der Waals surface area contributed by atoms with Crippen molar-refractivity contribution >= 4 is 97.9 Å². The van der Waals surface area contributed by atoms with Gasteiger partial charge in [-0.15, -0.1) is 34.0 Å². The van der Waals surface area contributed by atoms with Crippen LogP contribution in [0.25, 0.3) is 70.8 Å². The Bertz CT molecular complexity index is 3310. The molecule has 0 bridgehead atoms. The molecule has 0 saturated heterocycles. The molecule has 0 N–H and O–H groups in total. The number of thiazole rings is 3. The molecule has 0 aliphatic rings. The Balaban J connectivity index is 0.000000113. The monoisotopic (exact) mass is 872 g/mol. The van der Waals surface area contributed by atoms with Crippen LogP contribution in [0.1, 0.15) is 45.4 Å². The topological polar surface area (TPSA) is 155 Å². The Morgan fingerprint density at radius 2 is 0.965 bits per heavy atom. The molecule has 11 rings (SSSR count). The quantitative estimate of drug-likeness (QED) is 0.163. The van der Waals surface area contributed by atoms with Gasteiger partial charge in [0.2, 0.25) is 0 Å². The van der Waals surface area contributed by atoms with Crippen LogP contribution in [0, 0.1) is 55.4 Å². The van der Waals surface area contributed by atoms with Gasteiger partial charge in [0, 0.05) is 35.4 Å². The van der Waals surface area contributed by atoms with Gasteiger partial charge in [-0.2, -0.15) is 0 Å². The Hall–Kier alpha value is -5.69. The van der Waals surface area contributed by atoms with E-state index in [4.69, 9.17) is 9.97 Å². The number of rotatable bonds is 2. The van der Waals surface area contributed by atoms with Crippen molar-refractivity contribution in [1.29, 1.82) is 0 Å². The van der Waals surface area contributed by atoms with Crippen LogP contribution in [0.15, 0.2) is 58.1 Å². The van der Waals surface area contributed by atoms with E-state index in [1.165, 1.54) is 0 Å². The normalized spacial score (nSPS) is 11.6. The Morgan fingerprint density at radius 1 is 0.491 bits per heavy atom. The third-order valence-corrected chi connectivity index (χ3v) is 12.3. The second-order valence-electron chi connectivity index (χ2n) is 13.5. The van der Waals surface area contributed by atoms with Gasteiger partial charge < -0.3 is 0 Å². The summed E-state index contributed by atoms with van der Waals surface area (Å²) in [5.41, 5.74) is 21.2. The fraction of sp³-hybridized carbons (Fsp3) is 0.205. The summed E-state index contributed by atoms with van der Waals surface area (Å²) in [5, 5.41) is 0. The van der Waals surface area contributed by atoms with E-state index in [1.807, 2.05) is 101 Å². The van der Waals surface area contributed by atoms with E-state index in [-0.39, 0.29) is 0 Å². The van der Waals surface area contributed by atoms with Crippen LogP contribution in [-0.4, -0.2) is 68.0 Å². The van der Waals surface area contributed by atoms with Crippen molar-refractivity contribution in [2.45, 2.75) is 55.4 Å². The molecular weight excluding hydrogens is 841 g/mol. The molecule has 0 fully saturated rings. The van der Waals surface area contributed by atoms with Crippen LogP contribution in [0.2, 0.25) is 0 Å². The number of hydrogen-bond donors (Lipinski definition) is 0. The molecule has 0 unspecified atom stereocenters. The highest BCUT2D eigenvalue weighted by molar-refractivity contribution is 9.10. The molecule has 0 amide bonds. The van der Waals surface area contributed by atoms with Crippen molar-refractivity contribution in [1.82, 2.24) is 68.0 Å². The molecule has 0 aromatic carbocycles. The highest BCUT2D eigenvalue weighted by atomic mass is 79.9. The van der Waals surface area contributed by atoms with Crippen LogP contribution in [-0.2, 0) is 0 Å². The first-order chi connectivity index (χ1) is 27.5. The average molecular weight is 874 g/mol. The maximum Gasteiger partial charge on any atom is 0.183 e. The van der Waals surface area contributed by atoms with Gasteiger partial charge in [-0.25, -0.2) is 44.9 Å². The minimum Gasteiger partial charge on any atom is -0.272 e. The van der Waals surface area contributed by atoms with Gasteiger partial charge in [0.15, 0.2) is 36.2 Å². The third kappa shape index (κ3) is 6.23. The van der Waals surface area contributed by atoms with Gasteiger partial charge in [0.25, 0.3) is 0 Å². The van der Waals surface area contributed by atoms with E-state index in [1.54, 1.807) is 45.7 Å². The van der Waals surface area contributed by atoms with Crippen molar-refractivity contribution in [2.24, 2.45) is 0 Å². The number of pyridine rings is 2. The lowest BCUT2D eigenvalue weighted by molar-refractivity contribution is 1.09. The molecule has 57 heavy (non-hydrogen) atoms. The van der Waals surface area contributed by atoms with Crippen molar-refractivity contribution < 1.29 is 0 Å². The van der Waals surface area contributed by atoms with Crippen LogP contribution in [0.4, 0.5) is 0 Å². The molecule has 18 heteroatoms. The van der Waals surface area contributed by atoms with E-state index < -0.39 is 0 Å². The van der Waals surface area contributed by atoms with Crippen LogP contribution >= 0.6 is 49.9 Å². The molecule has 0 spiro atoms. The van der Waals surface area contributed by atoms with Crippen molar-refractivity contribution in [3.8, 4) is 22.8 Å². The van der Waals surface area contributed by atoms with Crippen LogP contribution in [0.3, 0.4) is 0 Å². The first-order valence-corrected chi connectivity index (χ1v) is 21.2. The van der Waals surface area contributed by atoms with Crippen LogP contribution in [0.5, 0.6) is 0 Å². The molecule has 0 atom stereocenters. The fourth-order valence-corrected chi connectivity index (χ4v) is 9.82. The minimum absolute atomic E-state index is 0.788. The minimum atomic E-state index is 0.788. The van der Waals surface area contributed by atoms with Gasteiger partial charge in [-0.3, -0.25) is 23.2 Å². The zero-order chi connectivity index (χ0) is 39.7. The summed E-state index contributed by atoms with van der Waals surface area (Å²) in [5.74, 6) is 1.78. The zero-order valence-corrected chi connectivity index (χ0v) is 36.1. The molecule has 0 aliphatic heterocycles. The first kappa shape index (κ1) is 36.9. The molecule has 14 nitrogen and oxygen atoms in total. The maximum absolute atomic E-state index is 4.77. The van der Waals surface area contributed by atoms with E-state index >= 15 is 0 Å². The molecule has 0 radical (unpaired) electrons. The number of nitrogens with zero attached hydrogens (tertiary/aromatic N) is 14. The Morgan fingerprint density at radius 3 is 1.49 bits per heavy atom. The summed E-state index contributed by atoms with van der Waals surface area (Å²) in [6.45, 7) is 16.1. The summed E-state index contributed by atoms with van der Waals surface area (Å²) in [4.78, 5) is 52.3. The van der Waals surface area contributed by atoms with Gasteiger partial charge in [-0.05, 0) is 95.1 Å². The molecule has 0 saturated carbocycles. The second kappa shape index (κ2) is 14.4. The smallest absolute Gasteiger partial charge is 0.183 e. The first-order valence-electron chi connectivity index (χ1n) is 17.8. The maximum atomic E-state index is 4.77. The van der Waals surface area contributed by atoms with Crippen LogP contribution < -0.4 is 0 Å². The van der Waals surface area contributed by atoms with Crippen molar-refractivity contribution in [2.75, 3.05) is 0 Å². The Kier molecular flexibility index (Phi) is 9.30. The molecule has 11 aromatic rings. The number of imidazole rings is 3. The van der Waals surface area contributed by atoms with Gasteiger partial charge in [0.1, 0.15) is 11.6 Å². The molecule has 0 aliphatic carbocycles. The van der Waals surface area contributed by atoms with Crippen molar-refractivity contribution in [3.63, 3.8) is 0 Å². The highest BCUT2D eigenvalue weighted by Crippen LogP contribution is 2.31. The average Bonchev–Trinajstić information content (AvgIpc) is 4.04. The third-order valence-electron chi connectivity index (χ3n) is 9.61. The Labute approximate surface area is 345 Å². The molecule has 11 heterocycles. The fourth-order valence-electron chi connectivity index (χ4n) is 7.14. The van der Waals surface area contributed by atoms with E-state index in [0.29, 0.717) is 0 Å². The highest BCUT2D eigenvalue weighted by Gasteiger charge is 2.20. The number of aryl methyl sites for hydroxylation is 8. The van der Waals surface area contributed by atoms with E-state index in [2.05, 4.69) is 69.6 Å². The molecule has 11 aromatic heterocycles. The number of fused-ring (bicyclic) bond motifs is 9. The zero-order valence-electron chi connectivity index (χ0n) is 32.1. The largest absolute Gasteiger partial charge is 0.272 e. The summed E-state index contributed by atoms with van der Waals surface area (Å²) in [7, 11) is 0. The lowest BCUT2D eigenvalue weighted by Crippen LogP contribution is -1.97. The van der Waals surface area contributed by atoms with Gasteiger partial charge in [0.05, 0.1) is 67.2 Å². The standard InChI is InChI=1S/2C15H13N5S.C9H7BrN4S/c1-8-6-16-5-4-11(8)13-18-9(2)12-10(3)19-15-14(20(12)13)17-7-21-15;1-8-4-5-11(6-16-8)13-18-9(2)12-10(3)19-15-14(20(12)13)17-7-21-15;1-4-6-5(2)13-9(10)14(6)7-8(12-4)15-3-11-7/h2*4-7H,1-3H3;3H,1-2H3. The predicted molar refractivity (Wildman–Crippen MR) is 231 cm³/mol. The molecule has 284 valence electrons. The lowest BCUT2D eigenvalue weighted by Gasteiger charge is -2.06. The SMILES string of the molecule is Cc1ccc(-c2nc(C)c3c(C)nc4scnc4n23)cn1.Cc1cnccc1-c1nc(C)c2c(C)nc3scnc3n12.Cc1nc(Br)n2c1c(C)nc1scnc12. The predicted octanol–water partition coefficient (Wildman–Crippen LogP) is 9.37. The van der Waals surface area contributed by atoms with Gasteiger partial charge >= 0.3 is 0 Å². The summed E-state index contributed by atoms with van der Waals surface area (Å²) < 4.78 is 7.00. The molecular formula is C39H33BrN14S3. The van der Waals surface area contributed by atoms with Gasteiger partial charge in [-0.1, -0.05) is 0 Å². The number of aromatic nitrogens is 14. The lowest BCUT2D eigenvalue weighted by atomic mass is 10.1. The second-order valence-corrected chi connectivity index (χ2v) is 16.7. The summed E-state index contributed by atoms with van der Waals surface area (Å²) in [6, 6.07) is 6.04. The number of hydrogen-bond acceptors (Lipinski definition) is 14. The summed E-state index contributed by atoms with van der Waals surface area (Å²) >= 11 is 8.08.